The minimum absolute atomic E-state index is 0.112. The number of fused-ring (bicyclic) bond motifs is 2. The zero-order valence-electron chi connectivity index (χ0n) is 18.2. The Balaban J connectivity index is 1.74. The second-order valence-corrected chi connectivity index (χ2v) is 8.39. The van der Waals surface area contributed by atoms with Gasteiger partial charge >= 0.3 is 5.97 Å². The highest BCUT2D eigenvalue weighted by molar-refractivity contribution is 6.14. The Hall–Kier alpha value is -3.80. The summed E-state index contributed by atoms with van der Waals surface area (Å²) in [6.45, 7) is 2.64. The maximum Gasteiger partial charge on any atom is 0.315 e. The van der Waals surface area contributed by atoms with E-state index in [2.05, 4.69) is 0 Å². The van der Waals surface area contributed by atoms with Crippen LogP contribution in [0.1, 0.15) is 40.4 Å². The van der Waals surface area contributed by atoms with E-state index in [1.807, 2.05) is 61.5 Å². The van der Waals surface area contributed by atoms with Crippen molar-refractivity contribution in [1.29, 1.82) is 0 Å². The molecule has 6 heteroatoms. The highest BCUT2D eigenvalue weighted by Gasteiger charge is 2.57. The van der Waals surface area contributed by atoms with E-state index in [1.54, 1.807) is 12.1 Å². The molecule has 1 heterocycles. The third kappa shape index (κ3) is 3.42. The highest BCUT2D eigenvalue weighted by atomic mass is 16.7. The monoisotopic (exact) mass is 444 g/mol. The van der Waals surface area contributed by atoms with Crippen molar-refractivity contribution in [2.75, 3.05) is 13.4 Å². The summed E-state index contributed by atoms with van der Waals surface area (Å²) in [5.74, 6) is -1.13. The first-order valence-corrected chi connectivity index (χ1v) is 11.0. The van der Waals surface area contributed by atoms with Gasteiger partial charge in [0.2, 0.25) is 6.79 Å². The summed E-state index contributed by atoms with van der Waals surface area (Å²) >= 11 is 0. The molecule has 0 radical (unpaired) electrons. The van der Waals surface area contributed by atoms with Crippen LogP contribution in [0.25, 0.3) is 0 Å². The molecule has 33 heavy (non-hydrogen) atoms. The van der Waals surface area contributed by atoms with E-state index in [0.29, 0.717) is 47.0 Å². The van der Waals surface area contributed by atoms with Crippen LogP contribution in [-0.2, 0) is 16.6 Å². The number of ketones is 1. The Kier molecular flexibility index (Phi) is 5.29. The largest absolute Gasteiger partial charge is 0.494 e. The molecule has 1 aliphatic carbocycles. The van der Waals surface area contributed by atoms with Gasteiger partial charge < -0.3 is 19.3 Å². The van der Waals surface area contributed by atoms with Gasteiger partial charge in [0.1, 0.15) is 11.7 Å². The molecule has 3 aromatic rings. The molecule has 3 aromatic carbocycles. The van der Waals surface area contributed by atoms with Crippen molar-refractivity contribution in [3.8, 4) is 17.2 Å². The molecular formula is C27H24O6. The molecule has 2 atom stereocenters. The number of carbonyl (C=O) groups excluding carboxylic acids is 1. The van der Waals surface area contributed by atoms with Gasteiger partial charge in [0.25, 0.3) is 0 Å². The lowest BCUT2D eigenvalue weighted by molar-refractivity contribution is -0.141. The summed E-state index contributed by atoms with van der Waals surface area (Å²) in [6.07, 6.45) is 1.18. The number of carboxylic acids is 1. The lowest BCUT2D eigenvalue weighted by Gasteiger charge is -2.35. The highest BCUT2D eigenvalue weighted by Crippen LogP contribution is 2.52. The van der Waals surface area contributed by atoms with E-state index in [4.69, 9.17) is 14.2 Å². The van der Waals surface area contributed by atoms with Crippen molar-refractivity contribution < 1.29 is 28.9 Å². The molecule has 6 nitrogen and oxygen atoms in total. The Morgan fingerprint density at radius 2 is 1.85 bits per heavy atom. The SMILES string of the molecule is CCCOc1ccc2c(c1)C(=O)C(C(=O)O)C2(Cc1ccccc1)c1ccc2c(c1)OCO2. The van der Waals surface area contributed by atoms with Crippen molar-refractivity contribution in [2.45, 2.75) is 25.2 Å². The average Bonchev–Trinajstić information content (AvgIpc) is 3.39. The van der Waals surface area contributed by atoms with Crippen LogP contribution in [0.2, 0.25) is 0 Å². The van der Waals surface area contributed by atoms with Crippen molar-refractivity contribution in [1.82, 2.24) is 0 Å². The third-order valence-electron chi connectivity index (χ3n) is 6.43. The molecule has 5 rings (SSSR count). The first-order valence-electron chi connectivity index (χ1n) is 11.0. The average molecular weight is 444 g/mol. The van der Waals surface area contributed by atoms with Crippen molar-refractivity contribution in [3.63, 3.8) is 0 Å². The fourth-order valence-corrected chi connectivity index (χ4v) is 5.00. The number of carbonyl (C=O) groups is 2. The summed E-state index contributed by atoms with van der Waals surface area (Å²) in [6, 6.07) is 20.4. The van der Waals surface area contributed by atoms with Gasteiger partial charge in [-0.25, -0.2) is 0 Å². The van der Waals surface area contributed by atoms with Gasteiger partial charge in [0.05, 0.1) is 6.61 Å². The topological polar surface area (TPSA) is 82.1 Å². The molecule has 0 amide bonds. The summed E-state index contributed by atoms with van der Waals surface area (Å²) in [5, 5.41) is 10.3. The van der Waals surface area contributed by atoms with Gasteiger partial charge in [0.15, 0.2) is 17.3 Å². The molecular weight excluding hydrogens is 420 g/mol. The summed E-state index contributed by atoms with van der Waals surface area (Å²) in [5.41, 5.74) is 1.62. The van der Waals surface area contributed by atoms with E-state index in [-0.39, 0.29) is 6.79 Å². The number of hydrogen-bond donors (Lipinski definition) is 1. The molecule has 0 bridgehead atoms. The van der Waals surface area contributed by atoms with E-state index >= 15 is 0 Å². The van der Waals surface area contributed by atoms with Crippen LogP contribution in [0.4, 0.5) is 0 Å². The minimum atomic E-state index is -1.28. The lowest BCUT2D eigenvalue weighted by atomic mass is 9.65. The van der Waals surface area contributed by atoms with Crippen LogP contribution in [0.3, 0.4) is 0 Å². The molecule has 0 aromatic heterocycles. The number of aliphatic carboxylic acids is 1. The zero-order valence-corrected chi connectivity index (χ0v) is 18.2. The van der Waals surface area contributed by atoms with Crippen molar-refractivity contribution >= 4 is 11.8 Å². The predicted octanol–water partition coefficient (Wildman–Crippen LogP) is 4.63. The number of carboxylic acid groups (broad SMARTS) is 1. The molecule has 0 spiro atoms. The predicted molar refractivity (Wildman–Crippen MR) is 121 cm³/mol. The van der Waals surface area contributed by atoms with Gasteiger partial charge in [-0.05, 0) is 53.8 Å². The molecule has 2 unspecified atom stereocenters. The maximum absolute atomic E-state index is 13.6. The second kappa shape index (κ2) is 8.28. The summed E-state index contributed by atoms with van der Waals surface area (Å²) < 4.78 is 16.8. The number of Topliss-reactive ketones (excluding diaryl/α,β-unsaturated/α-hetero) is 1. The van der Waals surface area contributed by atoms with Gasteiger partial charge in [-0.3, -0.25) is 9.59 Å². The first-order chi connectivity index (χ1) is 16.0. The van der Waals surface area contributed by atoms with E-state index in [9.17, 15) is 14.7 Å². The van der Waals surface area contributed by atoms with E-state index in [1.165, 1.54) is 0 Å². The summed E-state index contributed by atoms with van der Waals surface area (Å²) in [7, 11) is 0. The van der Waals surface area contributed by atoms with E-state index in [0.717, 1.165) is 12.0 Å². The van der Waals surface area contributed by atoms with Gasteiger partial charge in [-0.2, -0.15) is 0 Å². The smallest absolute Gasteiger partial charge is 0.315 e. The van der Waals surface area contributed by atoms with Crippen LogP contribution in [0, 0.1) is 5.92 Å². The lowest BCUT2D eigenvalue weighted by Crippen LogP contribution is -2.42. The molecule has 0 saturated carbocycles. The quantitative estimate of drug-likeness (QED) is 0.535. The fraction of sp³-hybridized carbons (Fsp3) is 0.259. The number of hydrogen-bond acceptors (Lipinski definition) is 5. The van der Waals surface area contributed by atoms with Crippen LogP contribution in [0.15, 0.2) is 66.7 Å². The Morgan fingerprint density at radius 1 is 1.06 bits per heavy atom. The number of rotatable bonds is 7. The number of ether oxygens (including phenoxy) is 3. The molecule has 0 saturated heterocycles. The van der Waals surface area contributed by atoms with Crippen molar-refractivity contribution in [2.24, 2.45) is 5.92 Å². The first kappa shape index (κ1) is 21.1. The summed E-state index contributed by atoms with van der Waals surface area (Å²) in [4.78, 5) is 26.2. The van der Waals surface area contributed by atoms with Gasteiger partial charge in [-0.1, -0.05) is 49.4 Å². The van der Waals surface area contributed by atoms with Crippen LogP contribution in [0.5, 0.6) is 17.2 Å². The second-order valence-electron chi connectivity index (χ2n) is 8.39. The fourth-order valence-electron chi connectivity index (χ4n) is 5.00. The van der Waals surface area contributed by atoms with Crippen LogP contribution >= 0.6 is 0 Å². The minimum Gasteiger partial charge on any atom is -0.494 e. The Morgan fingerprint density at radius 3 is 2.61 bits per heavy atom. The molecule has 1 N–H and O–H groups in total. The van der Waals surface area contributed by atoms with Crippen LogP contribution in [-0.4, -0.2) is 30.3 Å². The zero-order chi connectivity index (χ0) is 23.0. The number of benzene rings is 3. The normalized spacial score (nSPS) is 20.5. The Bertz CT molecular complexity index is 1220. The maximum atomic E-state index is 13.6. The standard InChI is InChI=1S/C27H24O6/c1-2-12-31-19-9-10-21-20(14-19)25(28)24(26(29)30)27(21,15-17-6-4-3-5-7-17)18-8-11-22-23(13-18)33-16-32-22/h3-11,13-14,24H,2,12,15-16H2,1H3,(H,29,30). The van der Waals surface area contributed by atoms with Gasteiger partial charge in [-0.15, -0.1) is 0 Å². The molecule has 2 aliphatic rings. The van der Waals surface area contributed by atoms with Crippen LogP contribution < -0.4 is 14.2 Å². The Labute approximate surface area is 191 Å². The third-order valence-corrected chi connectivity index (χ3v) is 6.43. The van der Waals surface area contributed by atoms with Gasteiger partial charge in [0, 0.05) is 11.0 Å². The molecule has 168 valence electrons. The molecule has 1 aliphatic heterocycles. The molecule has 0 fully saturated rings. The van der Waals surface area contributed by atoms with Crippen molar-refractivity contribution in [3.05, 3.63) is 89.0 Å². The van der Waals surface area contributed by atoms with E-state index < -0.39 is 23.1 Å².